The first-order valence-electron chi connectivity index (χ1n) is 8.97. The number of thiazole rings is 1. The van der Waals surface area contributed by atoms with E-state index in [9.17, 15) is 9.59 Å². The fourth-order valence-corrected chi connectivity index (χ4v) is 4.06. The predicted octanol–water partition coefficient (Wildman–Crippen LogP) is 3.72. The monoisotopic (exact) mass is 406 g/mol. The topological polar surface area (TPSA) is 65.5 Å². The number of urea groups is 1. The van der Waals surface area contributed by atoms with Crippen molar-refractivity contribution in [1.29, 1.82) is 0 Å². The van der Waals surface area contributed by atoms with Gasteiger partial charge < -0.3 is 15.1 Å². The van der Waals surface area contributed by atoms with E-state index in [-0.39, 0.29) is 18.0 Å². The summed E-state index contributed by atoms with van der Waals surface area (Å²) < 4.78 is 0. The Morgan fingerprint density at radius 1 is 1.19 bits per heavy atom. The number of benzene rings is 1. The molecule has 1 saturated heterocycles. The molecule has 1 aliphatic rings. The molecule has 1 unspecified atom stereocenters. The average molecular weight is 407 g/mol. The van der Waals surface area contributed by atoms with Crippen molar-refractivity contribution in [2.24, 2.45) is 0 Å². The van der Waals surface area contributed by atoms with Gasteiger partial charge in [0.25, 0.3) is 5.91 Å². The number of aryl methyl sites for hydroxylation is 1. The van der Waals surface area contributed by atoms with Crippen LogP contribution in [0.3, 0.4) is 0 Å². The van der Waals surface area contributed by atoms with Crippen LogP contribution in [-0.2, 0) is 0 Å². The molecule has 1 N–H and O–H groups in total. The van der Waals surface area contributed by atoms with Crippen LogP contribution < -0.4 is 5.32 Å². The van der Waals surface area contributed by atoms with Gasteiger partial charge in [0.2, 0.25) is 0 Å². The molecule has 0 bridgehead atoms. The van der Waals surface area contributed by atoms with Gasteiger partial charge in [0.15, 0.2) is 0 Å². The minimum Gasteiger partial charge on any atom is -0.337 e. The number of hydrogen-bond donors (Lipinski definition) is 1. The summed E-state index contributed by atoms with van der Waals surface area (Å²) in [6.07, 6.45) is 0.731. The second-order valence-corrected chi connectivity index (χ2v) is 7.91. The SMILES string of the molecule is Cc1csc(C(C)NC(=O)N2CCCN(C(=O)c3ccccc3Cl)CC2)n1. The summed E-state index contributed by atoms with van der Waals surface area (Å²) in [6, 6.07) is 6.80. The Morgan fingerprint density at radius 3 is 2.59 bits per heavy atom. The first-order chi connectivity index (χ1) is 13.0. The summed E-state index contributed by atoms with van der Waals surface area (Å²) in [6.45, 7) is 6.07. The lowest BCUT2D eigenvalue weighted by Gasteiger charge is -2.24. The van der Waals surface area contributed by atoms with E-state index in [0.717, 1.165) is 17.1 Å². The zero-order chi connectivity index (χ0) is 19.4. The molecule has 1 fully saturated rings. The van der Waals surface area contributed by atoms with Crippen LogP contribution in [0.4, 0.5) is 4.79 Å². The molecule has 0 spiro atoms. The van der Waals surface area contributed by atoms with Crippen LogP contribution in [-0.4, -0.2) is 52.9 Å². The highest BCUT2D eigenvalue weighted by molar-refractivity contribution is 7.09. The molecule has 0 saturated carbocycles. The van der Waals surface area contributed by atoms with E-state index >= 15 is 0 Å². The van der Waals surface area contributed by atoms with E-state index in [1.807, 2.05) is 19.2 Å². The molecule has 1 atom stereocenters. The minimum atomic E-state index is -0.139. The lowest BCUT2D eigenvalue weighted by molar-refractivity contribution is 0.0762. The number of hydrogen-bond acceptors (Lipinski definition) is 4. The maximum Gasteiger partial charge on any atom is 0.318 e. The van der Waals surface area contributed by atoms with E-state index in [4.69, 9.17) is 11.6 Å². The van der Waals surface area contributed by atoms with Gasteiger partial charge >= 0.3 is 6.03 Å². The molecular formula is C19H23ClN4O2S. The molecule has 27 heavy (non-hydrogen) atoms. The van der Waals surface area contributed by atoms with E-state index in [1.54, 1.807) is 45.4 Å². The zero-order valence-electron chi connectivity index (χ0n) is 15.4. The molecule has 2 heterocycles. The summed E-state index contributed by atoms with van der Waals surface area (Å²) in [5.74, 6) is -0.0884. The molecular weight excluding hydrogens is 384 g/mol. The van der Waals surface area contributed by atoms with Gasteiger partial charge in [0, 0.05) is 37.3 Å². The highest BCUT2D eigenvalue weighted by atomic mass is 35.5. The maximum atomic E-state index is 12.7. The quantitative estimate of drug-likeness (QED) is 0.844. The second kappa shape index (κ2) is 8.71. The average Bonchev–Trinajstić information content (AvgIpc) is 2.94. The molecule has 6 nitrogen and oxygen atoms in total. The van der Waals surface area contributed by atoms with Crippen molar-refractivity contribution in [3.8, 4) is 0 Å². The van der Waals surface area contributed by atoms with Gasteiger partial charge in [-0.15, -0.1) is 11.3 Å². The number of carbonyl (C=O) groups is 2. The van der Waals surface area contributed by atoms with Crippen molar-refractivity contribution in [3.63, 3.8) is 0 Å². The Hall–Kier alpha value is -2.12. The number of amides is 3. The van der Waals surface area contributed by atoms with Gasteiger partial charge in [0.05, 0.1) is 16.6 Å². The molecule has 2 aromatic rings. The van der Waals surface area contributed by atoms with Crippen LogP contribution in [0.15, 0.2) is 29.6 Å². The van der Waals surface area contributed by atoms with Crippen molar-refractivity contribution in [1.82, 2.24) is 20.1 Å². The van der Waals surface area contributed by atoms with Crippen LogP contribution in [0.2, 0.25) is 5.02 Å². The summed E-state index contributed by atoms with van der Waals surface area (Å²) in [7, 11) is 0. The molecule has 8 heteroatoms. The molecule has 1 aliphatic heterocycles. The standard InChI is InChI=1S/C19H23ClN4O2S/c1-13-12-27-17(21-13)14(2)22-19(26)24-9-5-8-23(10-11-24)18(25)15-6-3-4-7-16(15)20/h3-4,6-7,12,14H,5,8-11H2,1-2H3,(H,22,26). The largest absolute Gasteiger partial charge is 0.337 e. The number of carbonyl (C=O) groups excluding carboxylic acids is 2. The molecule has 0 aliphatic carbocycles. The van der Waals surface area contributed by atoms with Crippen LogP contribution in [0, 0.1) is 6.92 Å². The normalized spacial score (nSPS) is 16.0. The lowest BCUT2D eigenvalue weighted by atomic mass is 10.2. The summed E-state index contributed by atoms with van der Waals surface area (Å²) in [5.41, 5.74) is 1.46. The third-order valence-electron chi connectivity index (χ3n) is 4.52. The van der Waals surface area contributed by atoms with E-state index < -0.39 is 0 Å². The van der Waals surface area contributed by atoms with E-state index in [2.05, 4.69) is 10.3 Å². The molecule has 3 rings (SSSR count). The molecule has 1 aromatic heterocycles. The maximum absolute atomic E-state index is 12.7. The van der Waals surface area contributed by atoms with Gasteiger partial charge in [-0.2, -0.15) is 0 Å². The van der Waals surface area contributed by atoms with Crippen LogP contribution in [0.25, 0.3) is 0 Å². The molecule has 144 valence electrons. The van der Waals surface area contributed by atoms with Crippen molar-refractivity contribution in [2.75, 3.05) is 26.2 Å². The van der Waals surface area contributed by atoms with Gasteiger partial charge in [0.1, 0.15) is 5.01 Å². The predicted molar refractivity (Wildman–Crippen MR) is 107 cm³/mol. The Morgan fingerprint density at radius 2 is 1.89 bits per heavy atom. The smallest absolute Gasteiger partial charge is 0.318 e. The lowest BCUT2D eigenvalue weighted by Crippen LogP contribution is -2.43. The van der Waals surface area contributed by atoms with Gasteiger partial charge in [-0.05, 0) is 32.4 Å². The highest BCUT2D eigenvalue weighted by Crippen LogP contribution is 2.19. The van der Waals surface area contributed by atoms with Crippen molar-refractivity contribution in [2.45, 2.75) is 26.3 Å². The number of aromatic nitrogens is 1. The number of nitrogens with zero attached hydrogens (tertiary/aromatic N) is 3. The summed E-state index contributed by atoms with van der Waals surface area (Å²) >= 11 is 7.69. The van der Waals surface area contributed by atoms with Gasteiger partial charge in [-0.1, -0.05) is 23.7 Å². The third-order valence-corrected chi connectivity index (χ3v) is 6.00. The fourth-order valence-electron chi connectivity index (χ4n) is 3.04. The molecule has 0 radical (unpaired) electrons. The molecule has 3 amide bonds. The van der Waals surface area contributed by atoms with E-state index in [0.29, 0.717) is 36.8 Å². The van der Waals surface area contributed by atoms with Crippen LogP contribution >= 0.6 is 22.9 Å². The highest BCUT2D eigenvalue weighted by Gasteiger charge is 2.25. The second-order valence-electron chi connectivity index (χ2n) is 6.61. The minimum absolute atomic E-state index is 0.0884. The summed E-state index contributed by atoms with van der Waals surface area (Å²) in [5, 5.41) is 6.32. The van der Waals surface area contributed by atoms with Gasteiger partial charge in [-0.25, -0.2) is 9.78 Å². The summed E-state index contributed by atoms with van der Waals surface area (Å²) in [4.78, 5) is 33.3. The first-order valence-corrected chi connectivity index (χ1v) is 10.2. The number of halogens is 1. The van der Waals surface area contributed by atoms with Crippen molar-refractivity contribution in [3.05, 3.63) is 50.9 Å². The molecule has 1 aromatic carbocycles. The van der Waals surface area contributed by atoms with Crippen LogP contribution in [0.5, 0.6) is 0 Å². The van der Waals surface area contributed by atoms with Gasteiger partial charge in [-0.3, -0.25) is 4.79 Å². The van der Waals surface area contributed by atoms with Crippen molar-refractivity contribution >= 4 is 34.9 Å². The first kappa shape index (κ1) is 19.6. The Balaban J connectivity index is 1.58. The number of rotatable bonds is 3. The third kappa shape index (κ3) is 4.78. The van der Waals surface area contributed by atoms with Crippen LogP contribution in [0.1, 0.15) is 40.4 Å². The Bertz CT molecular complexity index is 826. The fraction of sp³-hybridized carbons (Fsp3) is 0.421. The van der Waals surface area contributed by atoms with Crippen molar-refractivity contribution < 1.29 is 9.59 Å². The number of nitrogens with one attached hydrogen (secondary N) is 1. The van der Waals surface area contributed by atoms with E-state index in [1.165, 1.54) is 0 Å². The zero-order valence-corrected chi connectivity index (χ0v) is 17.0. The Kier molecular flexibility index (Phi) is 6.34. The Labute approximate surface area is 168 Å².